The number of amidine groups is 2. The van der Waals surface area contributed by atoms with Gasteiger partial charge in [-0.25, -0.2) is 4.74 Å². The minimum atomic E-state index is -4.53. The number of thiophene rings is 1. The lowest BCUT2D eigenvalue weighted by Gasteiger charge is -2.20. The molecule has 0 unspecified atom stereocenters. The molecule has 0 atom stereocenters. The van der Waals surface area contributed by atoms with Crippen molar-refractivity contribution in [3.05, 3.63) is 86.8 Å². The number of benzene rings is 2. The van der Waals surface area contributed by atoms with E-state index in [4.69, 9.17) is 5.11 Å². The van der Waals surface area contributed by atoms with Crippen molar-refractivity contribution < 1.29 is 23.0 Å². The van der Waals surface area contributed by atoms with Crippen molar-refractivity contribution in [2.24, 2.45) is 4.99 Å². The second kappa shape index (κ2) is 7.46. The first kappa shape index (κ1) is 19.4. The van der Waals surface area contributed by atoms with Crippen molar-refractivity contribution in [2.75, 3.05) is 6.61 Å². The molecule has 2 heterocycles. The molecular formula is C21H15F3N2O2S. The Hall–Kier alpha value is -2.97. The Morgan fingerprint density at radius 2 is 1.69 bits per heavy atom. The predicted octanol–water partition coefficient (Wildman–Crippen LogP) is 4.69. The number of aliphatic hydroxyl groups excluding tert-OH is 1. The number of rotatable bonds is 5. The second-order valence-electron chi connectivity index (χ2n) is 6.44. The molecule has 0 saturated heterocycles. The number of aliphatic hydroxyl groups is 1. The first-order valence-electron chi connectivity index (χ1n) is 8.78. The summed E-state index contributed by atoms with van der Waals surface area (Å²) in [7, 11) is 0. The van der Waals surface area contributed by atoms with E-state index in [-0.39, 0.29) is 28.7 Å². The van der Waals surface area contributed by atoms with E-state index in [1.165, 1.54) is 6.07 Å². The molecule has 1 aromatic heterocycles. The van der Waals surface area contributed by atoms with E-state index in [9.17, 15) is 18.4 Å². The molecule has 4 rings (SSSR count). The van der Waals surface area contributed by atoms with Crippen LogP contribution in [-0.2, 0) is 12.6 Å². The Labute approximate surface area is 168 Å². The summed E-state index contributed by atoms with van der Waals surface area (Å²) in [5, 5.41) is 21.5. The average molecular weight is 416 g/mol. The lowest BCUT2D eigenvalue weighted by Crippen LogP contribution is -2.33. The number of aliphatic imine (C=N–C) groups is 1. The highest BCUT2D eigenvalue weighted by atomic mass is 32.1. The fourth-order valence-electron chi connectivity index (χ4n) is 3.08. The van der Waals surface area contributed by atoms with Gasteiger partial charge >= 0.3 is 6.18 Å². The summed E-state index contributed by atoms with van der Waals surface area (Å²) in [4.78, 5) is 3.61. The third kappa shape index (κ3) is 3.68. The largest absolute Gasteiger partial charge is 0.740 e. The Bertz CT molecular complexity index is 1100. The summed E-state index contributed by atoms with van der Waals surface area (Å²) < 4.78 is 41.1. The van der Waals surface area contributed by atoms with Gasteiger partial charge in [0.15, 0.2) is 0 Å². The summed E-state index contributed by atoms with van der Waals surface area (Å²) in [6.45, 7) is 0.0234. The first-order chi connectivity index (χ1) is 13.9. The van der Waals surface area contributed by atoms with Gasteiger partial charge in [-0.3, -0.25) is 0 Å². The smallest absolute Gasteiger partial charge is 0.426 e. The Morgan fingerprint density at radius 1 is 1.00 bits per heavy atom. The molecule has 0 fully saturated rings. The monoisotopic (exact) mass is 416 g/mol. The summed E-state index contributed by atoms with van der Waals surface area (Å²) in [5.74, 6) is 0.121. The minimum Gasteiger partial charge on any atom is -0.740 e. The summed E-state index contributed by atoms with van der Waals surface area (Å²) in [6.07, 6.45) is -4.02. The molecule has 0 bridgehead atoms. The summed E-state index contributed by atoms with van der Waals surface area (Å²) >= 11 is 0.517. The van der Waals surface area contributed by atoms with Crippen LogP contribution in [0.15, 0.2) is 65.7 Å². The lowest BCUT2D eigenvalue weighted by molar-refractivity contribution is -0.337. The molecular weight excluding hydrogens is 401 g/mol. The maximum absolute atomic E-state index is 13.5. The zero-order chi connectivity index (χ0) is 20.6. The van der Waals surface area contributed by atoms with Gasteiger partial charge in [-0.05, 0) is 35.7 Å². The van der Waals surface area contributed by atoms with Crippen LogP contribution in [0.4, 0.5) is 13.2 Å². The molecule has 8 heteroatoms. The van der Waals surface area contributed by atoms with Crippen molar-refractivity contribution in [1.82, 2.24) is 0 Å². The standard InChI is InChI=1S/C21H15F3N2O2S/c22-21(23,24)18-16(14-4-2-1-3-5-14)12-17(29-18)20-25-19(26(20)28)15-8-6-13(7-9-15)10-11-27/h1-9,12,27H,10-11H2. The van der Waals surface area contributed by atoms with Crippen LogP contribution in [0, 0.1) is 5.21 Å². The Balaban J connectivity index is 1.66. The molecule has 0 saturated carbocycles. The van der Waals surface area contributed by atoms with E-state index in [0.29, 0.717) is 33.6 Å². The first-order valence-corrected chi connectivity index (χ1v) is 9.60. The van der Waals surface area contributed by atoms with Gasteiger partial charge < -0.3 is 10.3 Å². The van der Waals surface area contributed by atoms with Gasteiger partial charge in [0.1, 0.15) is 9.75 Å². The fraction of sp³-hybridized carbons (Fsp3) is 0.143. The fourth-order valence-corrected chi connectivity index (χ4v) is 4.10. The quantitative estimate of drug-likeness (QED) is 0.485. The molecule has 1 aliphatic rings. The van der Waals surface area contributed by atoms with Gasteiger partial charge in [0.25, 0.3) is 11.7 Å². The number of halogens is 3. The van der Waals surface area contributed by atoms with Crippen LogP contribution in [0.1, 0.15) is 20.9 Å². The van der Waals surface area contributed by atoms with E-state index < -0.39 is 11.1 Å². The van der Waals surface area contributed by atoms with E-state index in [1.54, 1.807) is 54.6 Å². The molecule has 148 valence electrons. The number of alkyl halides is 3. The number of hydrogen-bond donors (Lipinski definition) is 1. The molecule has 3 aromatic rings. The van der Waals surface area contributed by atoms with Crippen LogP contribution in [0.3, 0.4) is 0 Å². The highest BCUT2D eigenvalue weighted by molar-refractivity contribution is 7.14. The zero-order valence-electron chi connectivity index (χ0n) is 15.0. The van der Waals surface area contributed by atoms with Gasteiger partial charge in [-0.1, -0.05) is 47.5 Å². The van der Waals surface area contributed by atoms with Crippen LogP contribution in [0.25, 0.3) is 11.1 Å². The van der Waals surface area contributed by atoms with Crippen LogP contribution in [0.5, 0.6) is 0 Å². The van der Waals surface area contributed by atoms with Crippen molar-refractivity contribution in [1.29, 1.82) is 0 Å². The molecule has 1 N–H and O–H groups in total. The van der Waals surface area contributed by atoms with Crippen LogP contribution < -0.4 is 0 Å². The average Bonchev–Trinajstić information content (AvgIpc) is 3.14. The number of hydrogen-bond acceptors (Lipinski definition) is 4. The van der Waals surface area contributed by atoms with Crippen molar-refractivity contribution in [3.63, 3.8) is 0 Å². The van der Waals surface area contributed by atoms with Gasteiger partial charge in [0.2, 0.25) is 0 Å². The number of nitrogens with zero attached hydrogens (tertiary/aromatic N) is 2. The zero-order valence-corrected chi connectivity index (χ0v) is 15.8. The van der Waals surface area contributed by atoms with Gasteiger partial charge in [0, 0.05) is 12.2 Å². The molecule has 1 aliphatic heterocycles. The third-order valence-corrected chi connectivity index (χ3v) is 5.68. The molecule has 0 spiro atoms. The maximum atomic E-state index is 13.5. The van der Waals surface area contributed by atoms with E-state index in [1.807, 2.05) is 0 Å². The molecule has 0 radical (unpaired) electrons. The van der Waals surface area contributed by atoms with Crippen molar-refractivity contribution >= 4 is 23.0 Å². The molecule has 2 aromatic carbocycles. The van der Waals surface area contributed by atoms with Crippen molar-refractivity contribution in [2.45, 2.75) is 12.6 Å². The maximum Gasteiger partial charge on any atom is 0.426 e. The third-order valence-electron chi connectivity index (χ3n) is 4.50. The van der Waals surface area contributed by atoms with E-state index in [0.717, 1.165) is 5.56 Å². The second-order valence-corrected chi connectivity index (χ2v) is 7.49. The minimum absolute atomic E-state index is 0.0234. The molecule has 29 heavy (non-hydrogen) atoms. The summed E-state index contributed by atoms with van der Waals surface area (Å²) in [5.41, 5.74) is 1.96. The molecule has 0 aliphatic carbocycles. The van der Waals surface area contributed by atoms with Gasteiger partial charge in [-0.15, -0.1) is 11.3 Å². The van der Waals surface area contributed by atoms with E-state index >= 15 is 0 Å². The molecule has 0 amide bonds. The van der Waals surface area contributed by atoms with Gasteiger partial charge in [-0.2, -0.15) is 13.2 Å². The van der Waals surface area contributed by atoms with Crippen LogP contribution in [0.2, 0.25) is 0 Å². The lowest BCUT2D eigenvalue weighted by atomic mass is 10.1. The van der Waals surface area contributed by atoms with E-state index in [2.05, 4.69) is 4.99 Å². The normalized spacial score (nSPS) is 14.0. The number of hydroxylamine groups is 1. The summed E-state index contributed by atoms with van der Waals surface area (Å²) in [6, 6.07) is 16.6. The van der Waals surface area contributed by atoms with Gasteiger partial charge in [0.05, 0.1) is 5.56 Å². The Morgan fingerprint density at radius 3 is 2.28 bits per heavy atom. The Kier molecular flexibility index (Phi) is 4.97. The molecule has 4 nitrogen and oxygen atoms in total. The van der Waals surface area contributed by atoms with Crippen LogP contribution in [-0.4, -0.2) is 28.1 Å². The van der Waals surface area contributed by atoms with Crippen LogP contribution >= 0.6 is 11.3 Å². The highest BCUT2D eigenvalue weighted by Crippen LogP contribution is 2.43. The predicted molar refractivity (Wildman–Crippen MR) is 106 cm³/mol. The highest BCUT2D eigenvalue weighted by Gasteiger charge is 2.39. The topological polar surface area (TPSA) is 58.7 Å². The van der Waals surface area contributed by atoms with Crippen molar-refractivity contribution in [3.8, 4) is 11.1 Å². The SMILES string of the molecule is [O-][N+]1=C(c2ccc(CCO)cc2)N=C1c1cc(-c2ccccc2)c(C(F)(F)F)s1.